The van der Waals surface area contributed by atoms with Crippen molar-refractivity contribution >= 4 is 5.91 Å². The Kier molecular flexibility index (Phi) is 2.96. The Bertz CT molecular complexity index is 382. The zero-order valence-electron chi connectivity index (χ0n) is 9.32. The number of hydrogen-bond donors (Lipinski definition) is 2. The van der Waals surface area contributed by atoms with Crippen molar-refractivity contribution in [3.63, 3.8) is 0 Å². The van der Waals surface area contributed by atoms with Gasteiger partial charge in [-0.2, -0.15) is 0 Å². The van der Waals surface area contributed by atoms with Crippen molar-refractivity contribution in [2.45, 2.75) is 26.2 Å². The Morgan fingerprint density at radius 1 is 1.69 bits per heavy atom. The number of carbonyl (C=O) groups is 1. The van der Waals surface area contributed by atoms with Crippen LogP contribution >= 0.6 is 0 Å². The summed E-state index contributed by atoms with van der Waals surface area (Å²) in [4.78, 5) is 11.6. The summed E-state index contributed by atoms with van der Waals surface area (Å²) < 4.78 is 4.83. The van der Waals surface area contributed by atoms with Crippen LogP contribution < -0.4 is 5.32 Å². The maximum absolute atomic E-state index is 11.6. The van der Waals surface area contributed by atoms with E-state index in [0.29, 0.717) is 18.0 Å². The molecule has 1 fully saturated rings. The molecule has 0 radical (unpaired) electrons. The van der Waals surface area contributed by atoms with Crippen LogP contribution in [0.2, 0.25) is 0 Å². The molecule has 5 heteroatoms. The Labute approximate surface area is 93.8 Å². The zero-order valence-corrected chi connectivity index (χ0v) is 9.32. The highest BCUT2D eigenvalue weighted by Gasteiger charge is 2.42. The third-order valence-corrected chi connectivity index (χ3v) is 3.08. The van der Waals surface area contributed by atoms with E-state index < -0.39 is 0 Å². The Morgan fingerprint density at radius 3 is 2.94 bits per heavy atom. The summed E-state index contributed by atoms with van der Waals surface area (Å²) in [6.07, 6.45) is 2.91. The fourth-order valence-electron chi connectivity index (χ4n) is 1.76. The highest BCUT2D eigenvalue weighted by Crippen LogP contribution is 2.47. The van der Waals surface area contributed by atoms with Crippen molar-refractivity contribution in [3.8, 4) is 0 Å². The van der Waals surface area contributed by atoms with E-state index in [2.05, 4.69) is 10.5 Å². The molecule has 16 heavy (non-hydrogen) atoms. The van der Waals surface area contributed by atoms with Crippen molar-refractivity contribution in [3.05, 3.63) is 17.5 Å². The summed E-state index contributed by atoms with van der Waals surface area (Å²) in [6.45, 7) is 2.54. The van der Waals surface area contributed by atoms with Gasteiger partial charge in [0.2, 0.25) is 0 Å². The molecule has 0 unspecified atom stereocenters. The second kappa shape index (κ2) is 4.25. The summed E-state index contributed by atoms with van der Waals surface area (Å²) in [5, 5.41) is 15.4. The van der Waals surface area contributed by atoms with E-state index in [4.69, 9.17) is 9.63 Å². The van der Waals surface area contributed by atoms with Crippen molar-refractivity contribution in [2.24, 2.45) is 5.41 Å². The number of rotatable bonds is 5. The quantitative estimate of drug-likeness (QED) is 0.778. The van der Waals surface area contributed by atoms with Gasteiger partial charge >= 0.3 is 0 Å². The fraction of sp³-hybridized carbons (Fsp3) is 0.636. The summed E-state index contributed by atoms with van der Waals surface area (Å²) in [6, 6.07) is 1.61. The highest BCUT2D eigenvalue weighted by atomic mass is 16.5. The standard InChI is InChI=1S/C11H16N2O3/c1-8-6-9(13-16-8)10(15)12-7-11(2-3-11)4-5-14/h6,14H,2-5,7H2,1H3,(H,12,15). The minimum absolute atomic E-state index is 0.128. The van der Waals surface area contributed by atoms with Gasteiger partial charge in [0, 0.05) is 19.2 Å². The Hall–Kier alpha value is -1.36. The predicted octanol–water partition coefficient (Wildman–Crippen LogP) is 0.875. The van der Waals surface area contributed by atoms with Gasteiger partial charge in [-0.25, -0.2) is 0 Å². The lowest BCUT2D eigenvalue weighted by Crippen LogP contribution is -2.30. The van der Waals surface area contributed by atoms with Crippen LogP contribution in [0.15, 0.2) is 10.6 Å². The molecule has 2 N–H and O–H groups in total. The topological polar surface area (TPSA) is 75.4 Å². The average molecular weight is 224 g/mol. The summed E-state index contributed by atoms with van der Waals surface area (Å²) in [7, 11) is 0. The molecule has 0 aliphatic heterocycles. The number of nitrogens with one attached hydrogen (secondary N) is 1. The first-order valence-electron chi connectivity index (χ1n) is 5.48. The second-order valence-electron chi connectivity index (χ2n) is 4.48. The first-order chi connectivity index (χ1) is 7.65. The fourth-order valence-corrected chi connectivity index (χ4v) is 1.76. The third-order valence-electron chi connectivity index (χ3n) is 3.08. The predicted molar refractivity (Wildman–Crippen MR) is 56.9 cm³/mol. The summed E-state index contributed by atoms with van der Waals surface area (Å²) >= 11 is 0. The molecule has 1 aromatic rings. The smallest absolute Gasteiger partial charge is 0.273 e. The van der Waals surface area contributed by atoms with E-state index in [9.17, 15) is 4.79 Å². The molecular weight excluding hydrogens is 208 g/mol. The monoisotopic (exact) mass is 224 g/mol. The molecule has 1 aromatic heterocycles. The molecule has 1 saturated carbocycles. The lowest BCUT2D eigenvalue weighted by atomic mass is 10.0. The maximum Gasteiger partial charge on any atom is 0.273 e. The number of hydrogen-bond acceptors (Lipinski definition) is 4. The number of carbonyl (C=O) groups excluding carboxylic acids is 1. The summed E-state index contributed by atoms with van der Waals surface area (Å²) in [5.41, 5.74) is 0.445. The van der Waals surface area contributed by atoms with E-state index in [-0.39, 0.29) is 17.9 Å². The van der Waals surface area contributed by atoms with Gasteiger partial charge in [-0.05, 0) is 31.6 Å². The van der Waals surface area contributed by atoms with Gasteiger partial charge in [0.15, 0.2) is 5.69 Å². The Balaban J connectivity index is 1.84. The molecular formula is C11H16N2O3. The molecule has 1 aliphatic carbocycles. The molecule has 88 valence electrons. The second-order valence-corrected chi connectivity index (χ2v) is 4.48. The van der Waals surface area contributed by atoms with Gasteiger partial charge in [0.25, 0.3) is 5.91 Å². The van der Waals surface area contributed by atoms with Crippen LogP contribution in [-0.4, -0.2) is 29.3 Å². The lowest BCUT2D eigenvalue weighted by Gasteiger charge is -2.13. The molecule has 0 aromatic carbocycles. The largest absolute Gasteiger partial charge is 0.396 e. The molecule has 1 heterocycles. The van der Waals surface area contributed by atoms with Gasteiger partial charge in [-0.15, -0.1) is 0 Å². The van der Waals surface area contributed by atoms with Gasteiger partial charge < -0.3 is 14.9 Å². The van der Waals surface area contributed by atoms with Crippen LogP contribution in [-0.2, 0) is 0 Å². The molecule has 5 nitrogen and oxygen atoms in total. The number of aryl methyl sites for hydroxylation is 1. The number of aliphatic hydroxyl groups excluding tert-OH is 1. The van der Waals surface area contributed by atoms with Crippen molar-refractivity contribution in [1.29, 1.82) is 0 Å². The van der Waals surface area contributed by atoms with Crippen LogP contribution in [0.3, 0.4) is 0 Å². The average Bonchev–Trinajstić information content (AvgIpc) is 2.89. The molecule has 0 saturated heterocycles. The van der Waals surface area contributed by atoms with E-state index in [1.54, 1.807) is 13.0 Å². The number of aromatic nitrogens is 1. The molecule has 1 amide bonds. The Morgan fingerprint density at radius 2 is 2.44 bits per heavy atom. The normalized spacial score (nSPS) is 17.1. The van der Waals surface area contributed by atoms with E-state index in [1.165, 1.54) is 0 Å². The first-order valence-corrected chi connectivity index (χ1v) is 5.48. The summed E-state index contributed by atoms with van der Waals surface area (Å²) in [5.74, 6) is 0.419. The number of aliphatic hydroxyl groups is 1. The van der Waals surface area contributed by atoms with Crippen LogP contribution in [0.5, 0.6) is 0 Å². The van der Waals surface area contributed by atoms with Crippen molar-refractivity contribution in [1.82, 2.24) is 10.5 Å². The van der Waals surface area contributed by atoms with Crippen molar-refractivity contribution < 1.29 is 14.4 Å². The minimum atomic E-state index is -0.207. The van der Waals surface area contributed by atoms with Crippen LogP contribution in [0.25, 0.3) is 0 Å². The molecule has 0 bridgehead atoms. The zero-order chi connectivity index (χ0) is 11.6. The SMILES string of the molecule is Cc1cc(C(=O)NCC2(CCO)CC2)no1. The minimum Gasteiger partial charge on any atom is -0.396 e. The number of nitrogens with zero attached hydrogens (tertiary/aromatic N) is 1. The molecule has 1 aliphatic rings. The highest BCUT2D eigenvalue weighted by molar-refractivity contribution is 5.92. The van der Waals surface area contributed by atoms with E-state index >= 15 is 0 Å². The van der Waals surface area contributed by atoms with Gasteiger partial charge in [0.1, 0.15) is 5.76 Å². The van der Waals surface area contributed by atoms with Crippen LogP contribution in [0, 0.1) is 12.3 Å². The van der Waals surface area contributed by atoms with E-state index in [1.807, 2.05) is 0 Å². The van der Waals surface area contributed by atoms with E-state index in [0.717, 1.165) is 19.3 Å². The lowest BCUT2D eigenvalue weighted by molar-refractivity contribution is 0.0931. The molecule has 0 atom stereocenters. The van der Waals surface area contributed by atoms with Gasteiger partial charge in [0.05, 0.1) is 0 Å². The maximum atomic E-state index is 11.6. The van der Waals surface area contributed by atoms with Crippen molar-refractivity contribution in [2.75, 3.05) is 13.2 Å². The number of amides is 1. The third kappa shape index (κ3) is 2.41. The molecule has 2 rings (SSSR count). The first kappa shape index (κ1) is 11.1. The van der Waals surface area contributed by atoms with Crippen LogP contribution in [0.4, 0.5) is 0 Å². The molecule has 0 spiro atoms. The van der Waals surface area contributed by atoms with Gasteiger partial charge in [-0.1, -0.05) is 5.16 Å². The van der Waals surface area contributed by atoms with Gasteiger partial charge in [-0.3, -0.25) is 4.79 Å². The van der Waals surface area contributed by atoms with Crippen LogP contribution in [0.1, 0.15) is 35.5 Å².